The highest BCUT2D eigenvalue weighted by molar-refractivity contribution is 5.87. The van der Waals surface area contributed by atoms with Crippen molar-refractivity contribution in [2.45, 2.75) is 52.1 Å². The molecule has 2 saturated heterocycles. The minimum absolute atomic E-state index is 0.0251. The number of benzene rings is 3. The Bertz CT molecular complexity index is 1520. The first kappa shape index (κ1) is 26.5. The van der Waals surface area contributed by atoms with Gasteiger partial charge in [0, 0.05) is 36.4 Å². The van der Waals surface area contributed by atoms with E-state index in [0.717, 1.165) is 67.4 Å². The molecule has 3 atom stereocenters. The number of fused-ring (bicyclic) bond motifs is 2. The maximum Gasteiger partial charge on any atom is 0.225 e. The molecule has 0 bridgehead atoms. The standard InChI is InChI=1S/C35H39N3O2/c1-24-9-6-7-12-30(24)27-13-14-31-28(20-27)21-29(33(36)37-31)19-25(2)34(39)38-17-15-32-35(23-38,16-8-18-40-32)22-26-10-4-3-5-11-26/h3-7,9-14,20-21,25,32H,8,15-19,22-23H2,1-2H3,(H2,36,37)/t25?,32-,35-/m1/s1. The van der Waals surface area contributed by atoms with Gasteiger partial charge in [0.25, 0.3) is 0 Å². The summed E-state index contributed by atoms with van der Waals surface area (Å²) in [5.41, 5.74) is 13.1. The fraction of sp³-hybridized carbons (Fsp3) is 0.371. The van der Waals surface area contributed by atoms with Crippen LogP contribution in [0.3, 0.4) is 0 Å². The van der Waals surface area contributed by atoms with Crippen molar-refractivity contribution in [3.05, 3.63) is 95.6 Å². The van der Waals surface area contributed by atoms with E-state index in [2.05, 4.69) is 84.6 Å². The second-order valence-electron chi connectivity index (χ2n) is 11.9. The zero-order valence-corrected chi connectivity index (χ0v) is 23.6. The highest BCUT2D eigenvalue weighted by Gasteiger charge is 2.47. The molecule has 0 spiro atoms. The Morgan fingerprint density at radius 3 is 2.73 bits per heavy atom. The molecule has 5 heteroatoms. The lowest BCUT2D eigenvalue weighted by Gasteiger charge is -2.51. The smallest absolute Gasteiger partial charge is 0.225 e. The molecule has 4 aromatic rings. The summed E-state index contributed by atoms with van der Waals surface area (Å²) < 4.78 is 6.28. The number of pyridine rings is 1. The van der Waals surface area contributed by atoms with Crippen molar-refractivity contribution in [3.8, 4) is 11.1 Å². The number of hydrogen-bond acceptors (Lipinski definition) is 4. The number of carbonyl (C=O) groups is 1. The lowest BCUT2D eigenvalue weighted by molar-refractivity contribution is -0.154. The normalized spacial score (nSPS) is 21.6. The van der Waals surface area contributed by atoms with Crippen LogP contribution in [0, 0.1) is 18.3 Å². The van der Waals surface area contributed by atoms with Crippen molar-refractivity contribution in [3.63, 3.8) is 0 Å². The van der Waals surface area contributed by atoms with Gasteiger partial charge in [0.15, 0.2) is 0 Å². The van der Waals surface area contributed by atoms with Crippen molar-refractivity contribution >= 4 is 22.6 Å². The summed E-state index contributed by atoms with van der Waals surface area (Å²) in [4.78, 5) is 20.6. The molecular weight excluding hydrogens is 494 g/mol. The van der Waals surface area contributed by atoms with Crippen LogP contribution in [0.5, 0.6) is 0 Å². The molecule has 3 heterocycles. The zero-order chi connectivity index (χ0) is 27.7. The number of carbonyl (C=O) groups excluding carboxylic acids is 1. The molecule has 3 aromatic carbocycles. The first-order valence-corrected chi connectivity index (χ1v) is 14.6. The molecule has 206 valence electrons. The van der Waals surface area contributed by atoms with E-state index in [0.29, 0.717) is 12.2 Å². The highest BCUT2D eigenvalue weighted by Crippen LogP contribution is 2.43. The van der Waals surface area contributed by atoms with Crippen molar-refractivity contribution in [1.29, 1.82) is 0 Å². The number of nitrogens with two attached hydrogens (primary N) is 1. The fourth-order valence-electron chi connectivity index (χ4n) is 6.93. The van der Waals surface area contributed by atoms with Gasteiger partial charge in [-0.05, 0) is 85.0 Å². The van der Waals surface area contributed by atoms with Gasteiger partial charge in [-0.3, -0.25) is 4.79 Å². The predicted molar refractivity (Wildman–Crippen MR) is 162 cm³/mol. The maximum absolute atomic E-state index is 13.8. The predicted octanol–water partition coefficient (Wildman–Crippen LogP) is 6.61. The minimum Gasteiger partial charge on any atom is -0.383 e. The number of hydrogen-bond donors (Lipinski definition) is 1. The van der Waals surface area contributed by atoms with E-state index in [1.165, 1.54) is 16.7 Å². The van der Waals surface area contributed by atoms with Gasteiger partial charge in [-0.25, -0.2) is 4.98 Å². The van der Waals surface area contributed by atoms with E-state index >= 15 is 0 Å². The molecule has 1 aromatic heterocycles. The molecule has 40 heavy (non-hydrogen) atoms. The Morgan fingerprint density at radius 1 is 1.10 bits per heavy atom. The highest BCUT2D eigenvalue weighted by atomic mass is 16.5. The van der Waals surface area contributed by atoms with Crippen molar-refractivity contribution in [2.24, 2.45) is 11.3 Å². The number of nitrogen functional groups attached to an aromatic ring is 1. The number of anilines is 1. The van der Waals surface area contributed by atoms with Crippen molar-refractivity contribution < 1.29 is 9.53 Å². The van der Waals surface area contributed by atoms with Gasteiger partial charge < -0.3 is 15.4 Å². The number of ether oxygens (including phenoxy) is 1. The molecule has 0 aliphatic carbocycles. The quantitative estimate of drug-likeness (QED) is 0.303. The minimum atomic E-state index is -0.184. The van der Waals surface area contributed by atoms with Crippen molar-refractivity contribution in [2.75, 3.05) is 25.4 Å². The van der Waals surface area contributed by atoms with Gasteiger partial charge in [0.05, 0.1) is 11.6 Å². The molecule has 6 rings (SSSR count). The summed E-state index contributed by atoms with van der Waals surface area (Å²) in [5, 5.41) is 1.05. The number of aryl methyl sites for hydroxylation is 1. The van der Waals surface area contributed by atoms with Crippen LogP contribution in [0.25, 0.3) is 22.0 Å². The van der Waals surface area contributed by atoms with Gasteiger partial charge in [0.2, 0.25) is 5.91 Å². The van der Waals surface area contributed by atoms with E-state index in [-0.39, 0.29) is 23.3 Å². The molecule has 2 fully saturated rings. The largest absolute Gasteiger partial charge is 0.383 e. The summed E-state index contributed by atoms with van der Waals surface area (Å²) in [7, 11) is 0. The number of rotatable bonds is 6. The van der Waals surface area contributed by atoms with Crippen LogP contribution in [-0.4, -0.2) is 41.6 Å². The first-order chi connectivity index (χ1) is 19.4. The third-order valence-electron chi connectivity index (χ3n) is 9.03. The van der Waals surface area contributed by atoms with E-state index in [1.807, 2.05) is 13.0 Å². The average Bonchev–Trinajstić information content (AvgIpc) is 2.97. The van der Waals surface area contributed by atoms with Gasteiger partial charge in [-0.2, -0.15) is 0 Å². The van der Waals surface area contributed by atoms with Crippen molar-refractivity contribution in [1.82, 2.24) is 9.88 Å². The average molecular weight is 534 g/mol. The number of aromatic nitrogens is 1. The Labute approximate surface area is 237 Å². The summed E-state index contributed by atoms with van der Waals surface area (Å²) in [6.07, 6.45) is 4.77. The third kappa shape index (κ3) is 5.23. The Balaban J connectivity index is 1.21. The Kier molecular flexibility index (Phi) is 7.33. The molecule has 2 aliphatic heterocycles. The number of likely N-dealkylation sites (tertiary alicyclic amines) is 1. The van der Waals surface area contributed by atoms with E-state index < -0.39 is 0 Å². The third-order valence-corrected chi connectivity index (χ3v) is 9.03. The number of nitrogens with zero attached hydrogens (tertiary/aromatic N) is 2. The number of piperidine rings is 1. The summed E-state index contributed by atoms with van der Waals surface area (Å²) in [6, 6.07) is 27.5. The Morgan fingerprint density at radius 2 is 1.90 bits per heavy atom. The molecule has 1 unspecified atom stereocenters. The van der Waals surface area contributed by atoms with Crippen LogP contribution in [0.15, 0.2) is 78.9 Å². The van der Waals surface area contributed by atoms with E-state index in [9.17, 15) is 4.79 Å². The molecule has 2 aliphatic rings. The number of amides is 1. The van der Waals surface area contributed by atoms with Crippen LogP contribution in [0.1, 0.15) is 42.9 Å². The molecule has 1 amide bonds. The van der Waals surface area contributed by atoms with E-state index in [1.54, 1.807) is 0 Å². The summed E-state index contributed by atoms with van der Waals surface area (Å²) in [5.74, 6) is 0.524. The van der Waals surface area contributed by atoms with Gasteiger partial charge in [-0.1, -0.05) is 67.6 Å². The molecule has 0 saturated carbocycles. The van der Waals surface area contributed by atoms with Crippen LogP contribution in [-0.2, 0) is 22.4 Å². The van der Waals surface area contributed by atoms with Gasteiger partial charge >= 0.3 is 0 Å². The van der Waals surface area contributed by atoms with Crippen LogP contribution in [0.2, 0.25) is 0 Å². The molecule has 2 N–H and O–H groups in total. The SMILES string of the molecule is Cc1ccccc1-c1ccc2nc(N)c(CC(C)C(=O)N3CC[C@H]4OCCC[C@@]4(Cc4ccccc4)C3)cc2c1. The van der Waals surface area contributed by atoms with Crippen LogP contribution in [0.4, 0.5) is 5.82 Å². The molecular formula is C35H39N3O2. The van der Waals surface area contributed by atoms with Gasteiger partial charge in [-0.15, -0.1) is 0 Å². The van der Waals surface area contributed by atoms with E-state index in [4.69, 9.17) is 15.5 Å². The zero-order valence-electron chi connectivity index (χ0n) is 23.6. The maximum atomic E-state index is 13.8. The molecule has 5 nitrogen and oxygen atoms in total. The Hall–Kier alpha value is -3.70. The topological polar surface area (TPSA) is 68.5 Å². The second-order valence-corrected chi connectivity index (χ2v) is 11.9. The molecule has 0 radical (unpaired) electrons. The fourth-order valence-corrected chi connectivity index (χ4v) is 6.93. The van der Waals surface area contributed by atoms with Gasteiger partial charge in [0.1, 0.15) is 5.82 Å². The lowest BCUT2D eigenvalue weighted by atomic mass is 9.68. The van der Waals surface area contributed by atoms with Crippen LogP contribution < -0.4 is 5.73 Å². The lowest BCUT2D eigenvalue weighted by Crippen LogP contribution is -2.57. The van der Waals surface area contributed by atoms with Crippen LogP contribution >= 0.6 is 0 Å². The second kappa shape index (κ2) is 11.1. The first-order valence-electron chi connectivity index (χ1n) is 14.6. The summed E-state index contributed by atoms with van der Waals surface area (Å²) in [6.45, 7) is 6.48. The summed E-state index contributed by atoms with van der Waals surface area (Å²) >= 11 is 0. The monoisotopic (exact) mass is 533 g/mol.